The van der Waals surface area contributed by atoms with Crippen LogP contribution in [-0.2, 0) is 22.6 Å². The van der Waals surface area contributed by atoms with Crippen LogP contribution in [0.25, 0.3) is 0 Å². The number of pyridine rings is 1. The van der Waals surface area contributed by atoms with Crippen molar-refractivity contribution in [2.45, 2.75) is 25.9 Å². The second kappa shape index (κ2) is 8.31. The Morgan fingerprint density at radius 2 is 2.08 bits per heavy atom. The molecule has 0 spiro atoms. The van der Waals surface area contributed by atoms with Gasteiger partial charge in [-0.05, 0) is 29.8 Å². The third-order valence-corrected chi connectivity index (χ3v) is 3.51. The number of aromatic nitrogens is 1. The van der Waals surface area contributed by atoms with Gasteiger partial charge in [0.25, 0.3) is 0 Å². The summed E-state index contributed by atoms with van der Waals surface area (Å²) in [5.74, 6) is -0.586. The largest absolute Gasteiger partial charge is 0.506 e. The lowest BCUT2D eigenvalue weighted by Gasteiger charge is -2.17. The molecule has 0 fully saturated rings. The number of hydrogen-bond acceptors (Lipinski definition) is 4. The van der Waals surface area contributed by atoms with Crippen LogP contribution >= 0.6 is 11.6 Å². The molecule has 2 aromatic rings. The number of nitrogens with one attached hydrogen (secondary N) is 2. The predicted molar refractivity (Wildman–Crippen MR) is 90.5 cm³/mol. The van der Waals surface area contributed by atoms with E-state index in [1.54, 1.807) is 24.3 Å². The van der Waals surface area contributed by atoms with Crippen molar-refractivity contribution in [1.82, 2.24) is 15.6 Å². The van der Waals surface area contributed by atoms with E-state index in [4.69, 9.17) is 11.6 Å². The van der Waals surface area contributed by atoms with Gasteiger partial charge in [-0.2, -0.15) is 0 Å². The summed E-state index contributed by atoms with van der Waals surface area (Å²) in [7, 11) is 0. The maximum atomic E-state index is 12.4. The summed E-state index contributed by atoms with van der Waals surface area (Å²) in [6, 6.07) is 9.50. The molecule has 0 aliphatic rings. The molecule has 126 valence electrons. The minimum absolute atomic E-state index is 0.0419. The standard InChI is InChI=1S/C17H18ClN3O3/c1-11(22)21-16(8-14-5-6-15(23)10-19-14)17(24)20-9-12-3-2-4-13(18)7-12/h2-7,10,16,23H,8-9H2,1H3,(H,20,24)(H,21,22)/t16-/m0/s1. The molecule has 1 aromatic carbocycles. The van der Waals surface area contributed by atoms with Crippen molar-refractivity contribution >= 4 is 23.4 Å². The number of hydrogen-bond donors (Lipinski definition) is 3. The van der Waals surface area contributed by atoms with E-state index in [-0.39, 0.29) is 24.0 Å². The molecule has 0 unspecified atom stereocenters. The molecule has 0 radical (unpaired) electrons. The van der Waals surface area contributed by atoms with Gasteiger partial charge in [0, 0.05) is 30.6 Å². The lowest BCUT2D eigenvalue weighted by atomic mass is 10.1. The maximum absolute atomic E-state index is 12.4. The van der Waals surface area contributed by atoms with E-state index in [9.17, 15) is 14.7 Å². The summed E-state index contributed by atoms with van der Waals surface area (Å²) >= 11 is 5.91. The molecule has 0 saturated heterocycles. The zero-order valence-electron chi connectivity index (χ0n) is 13.1. The third-order valence-electron chi connectivity index (χ3n) is 3.27. The molecule has 24 heavy (non-hydrogen) atoms. The second-order valence-electron chi connectivity index (χ2n) is 5.31. The molecule has 1 heterocycles. The molecular formula is C17H18ClN3O3. The van der Waals surface area contributed by atoms with Crippen LogP contribution in [0.3, 0.4) is 0 Å². The number of amides is 2. The van der Waals surface area contributed by atoms with Crippen molar-refractivity contribution in [3.8, 4) is 5.75 Å². The first-order chi connectivity index (χ1) is 11.4. The maximum Gasteiger partial charge on any atom is 0.243 e. The van der Waals surface area contributed by atoms with Crippen LogP contribution < -0.4 is 10.6 Å². The highest BCUT2D eigenvalue weighted by Crippen LogP contribution is 2.11. The SMILES string of the molecule is CC(=O)N[C@@H](Cc1ccc(O)cn1)C(=O)NCc1cccc(Cl)c1. The van der Waals surface area contributed by atoms with Crippen LogP contribution in [0.5, 0.6) is 5.75 Å². The molecule has 1 aromatic heterocycles. The van der Waals surface area contributed by atoms with Crippen LogP contribution in [0.4, 0.5) is 0 Å². The molecule has 6 nitrogen and oxygen atoms in total. The molecule has 0 aliphatic heterocycles. The highest BCUT2D eigenvalue weighted by molar-refractivity contribution is 6.30. The Morgan fingerprint density at radius 1 is 1.29 bits per heavy atom. The Hall–Kier alpha value is -2.60. The van der Waals surface area contributed by atoms with Crippen LogP contribution in [0.2, 0.25) is 5.02 Å². The number of carbonyl (C=O) groups excluding carboxylic acids is 2. The lowest BCUT2D eigenvalue weighted by Crippen LogP contribution is -2.47. The van der Waals surface area contributed by atoms with E-state index in [0.717, 1.165) is 5.56 Å². The number of benzene rings is 1. The Balaban J connectivity index is 2.01. The molecule has 0 bridgehead atoms. The van der Waals surface area contributed by atoms with Crippen molar-refractivity contribution in [3.63, 3.8) is 0 Å². The first kappa shape index (κ1) is 17.7. The predicted octanol–water partition coefficient (Wildman–Crippen LogP) is 1.80. The summed E-state index contributed by atoms with van der Waals surface area (Å²) in [6.45, 7) is 1.65. The molecule has 2 rings (SSSR count). The summed E-state index contributed by atoms with van der Waals surface area (Å²) in [5.41, 5.74) is 1.45. The lowest BCUT2D eigenvalue weighted by molar-refractivity contribution is -0.128. The van der Waals surface area contributed by atoms with Crippen LogP contribution in [0.1, 0.15) is 18.2 Å². The Bertz CT molecular complexity index is 719. The molecule has 2 amide bonds. The topological polar surface area (TPSA) is 91.3 Å². The van der Waals surface area contributed by atoms with Crippen molar-refractivity contribution in [2.24, 2.45) is 0 Å². The zero-order valence-corrected chi connectivity index (χ0v) is 13.9. The quantitative estimate of drug-likeness (QED) is 0.743. The van der Waals surface area contributed by atoms with Crippen molar-refractivity contribution < 1.29 is 14.7 Å². The number of nitrogens with zero attached hydrogens (tertiary/aromatic N) is 1. The van der Waals surface area contributed by atoms with Gasteiger partial charge in [-0.25, -0.2) is 0 Å². The van der Waals surface area contributed by atoms with Crippen LogP contribution in [0.15, 0.2) is 42.6 Å². The van der Waals surface area contributed by atoms with Gasteiger partial charge in [0.05, 0.1) is 6.20 Å². The normalized spacial score (nSPS) is 11.6. The van der Waals surface area contributed by atoms with Gasteiger partial charge in [0.2, 0.25) is 11.8 Å². The first-order valence-electron chi connectivity index (χ1n) is 7.37. The third kappa shape index (κ3) is 5.55. The van der Waals surface area contributed by atoms with Gasteiger partial charge in [0.1, 0.15) is 11.8 Å². The van der Waals surface area contributed by atoms with Crippen molar-refractivity contribution in [3.05, 3.63) is 58.9 Å². The number of halogens is 1. The minimum Gasteiger partial charge on any atom is -0.506 e. The number of aromatic hydroxyl groups is 1. The summed E-state index contributed by atoms with van der Waals surface area (Å²) < 4.78 is 0. The highest BCUT2D eigenvalue weighted by atomic mass is 35.5. The molecule has 7 heteroatoms. The van der Waals surface area contributed by atoms with Gasteiger partial charge in [-0.1, -0.05) is 23.7 Å². The van der Waals surface area contributed by atoms with E-state index in [2.05, 4.69) is 15.6 Å². The Kier molecular flexibility index (Phi) is 6.14. The van der Waals surface area contributed by atoms with E-state index < -0.39 is 6.04 Å². The number of rotatable bonds is 6. The van der Waals surface area contributed by atoms with Gasteiger partial charge in [0.15, 0.2) is 0 Å². The van der Waals surface area contributed by atoms with Crippen LogP contribution in [0, 0.1) is 0 Å². The second-order valence-corrected chi connectivity index (χ2v) is 5.75. The average Bonchev–Trinajstić information content (AvgIpc) is 2.54. The molecule has 3 N–H and O–H groups in total. The Labute approximate surface area is 144 Å². The Morgan fingerprint density at radius 3 is 2.71 bits per heavy atom. The summed E-state index contributed by atoms with van der Waals surface area (Å²) in [6.07, 6.45) is 1.52. The fraction of sp³-hybridized carbons (Fsp3) is 0.235. The highest BCUT2D eigenvalue weighted by Gasteiger charge is 2.20. The molecular weight excluding hydrogens is 330 g/mol. The molecule has 0 aliphatic carbocycles. The van der Waals surface area contributed by atoms with Crippen molar-refractivity contribution in [2.75, 3.05) is 0 Å². The van der Waals surface area contributed by atoms with Gasteiger partial charge in [-0.3, -0.25) is 14.6 Å². The fourth-order valence-electron chi connectivity index (χ4n) is 2.16. The van der Waals surface area contributed by atoms with E-state index in [1.807, 2.05) is 6.07 Å². The summed E-state index contributed by atoms with van der Waals surface area (Å²) in [5, 5.41) is 15.2. The number of carbonyl (C=O) groups is 2. The van der Waals surface area contributed by atoms with Crippen molar-refractivity contribution in [1.29, 1.82) is 0 Å². The van der Waals surface area contributed by atoms with E-state index in [0.29, 0.717) is 17.3 Å². The zero-order chi connectivity index (χ0) is 17.5. The summed E-state index contributed by atoms with van der Waals surface area (Å²) in [4.78, 5) is 27.8. The van der Waals surface area contributed by atoms with Gasteiger partial charge < -0.3 is 15.7 Å². The fourth-order valence-corrected chi connectivity index (χ4v) is 2.37. The molecule has 0 saturated carbocycles. The minimum atomic E-state index is -0.751. The van der Waals surface area contributed by atoms with Gasteiger partial charge in [-0.15, -0.1) is 0 Å². The van der Waals surface area contributed by atoms with Crippen LogP contribution in [-0.4, -0.2) is 27.9 Å². The smallest absolute Gasteiger partial charge is 0.243 e. The molecule has 1 atom stereocenters. The van der Waals surface area contributed by atoms with E-state index >= 15 is 0 Å². The van der Waals surface area contributed by atoms with Gasteiger partial charge >= 0.3 is 0 Å². The first-order valence-corrected chi connectivity index (χ1v) is 7.75. The average molecular weight is 348 g/mol. The van der Waals surface area contributed by atoms with E-state index in [1.165, 1.54) is 19.2 Å². The monoisotopic (exact) mass is 347 g/mol.